The van der Waals surface area contributed by atoms with Crippen molar-refractivity contribution in [2.75, 3.05) is 24.5 Å². The summed E-state index contributed by atoms with van der Waals surface area (Å²) in [4.78, 5) is 26.6. The van der Waals surface area contributed by atoms with Crippen LogP contribution in [-0.2, 0) is 0 Å². The van der Waals surface area contributed by atoms with Crippen LogP contribution in [-0.4, -0.2) is 51.2 Å². The van der Waals surface area contributed by atoms with E-state index >= 15 is 0 Å². The number of hydrogen-bond acceptors (Lipinski definition) is 6. The van der Waals surface area contributed by atoms with Crippen molar-refractivity contribution in [1.29, 1.82) is 0 Å². The summed E-state index contributed by atoms with van der Waals surface area (Å²) in [5.74, 6) is 1.14. The SMILES string of the molecule is O=C(NC[C@@]1(O)CCN(c2ccc(F)cn2)C1)c1cnc(C2CC2)nc1. The lowest BCUT2D eigenvalue weighted by molar-refractivity contribution is 0.0575. The van der Waals surface area contributed by atoms with E-state index in [1.165, 1.54) is 18.5 Å². The number of carbonyl (C=O) groups is 1. The highest BCUT2D eigenvalue weighted by Gasteiger charge is 2.37. The molecule has 2 N–H and O–H groups in total. The molecule has 7 nitrogen and oxygen atoms in total. The van der Waals surface area contributed by atoms with Crippen molar-refractivity contribution in [1.82, 2.24) is 20.3 Å². The normalized spacial score (nSPS) is 22.5. The Kier molecular flexibility index (Phi) is 4.28. The van der Waals surface area contributed by atoms with E-state index in [-0.39, 0.29) is 12.5 Å². The molecule has 2 aliphatic rings. The second-order valence-electron chi connectivity index (χ2n) is 7.02. The van der Waals surface area contributed by atoms with E-state index in [9.17, 15) is 14.3 Å². The molecule has 0 radical (unpaired) electrons. The number of amides is 1. The predicted molar refractivity (Wildman–Crippen MR) is 92.3 cm³/mol. The number of halogens is 1. The number of nitrogens with one attached hydrogen (secondary N) is 1. The Balaban J connectivity index is 1.33. The second-order valence-corrected chi connectivity index (χ2v) is 7.02. The number of β-amino-alcohol motifs (C(OH)–C–C–N with tert-alkyl or cyclic N) is 1. The first kappa shape index (κ1) is 16.8. The van der Waals surface area contributed by atoms with Crippen LogP contribution in [0.15, 0.2) is 30.7 Å². The largest absolute Gasteiger partial charge is 0.386 e. The Bertz CT molecular complexity index is 794. The van der Waals surface area contributed by atoms with Crippen molar-refractivity contribution in [2.24, 2.45) is 0 Å². The van der Waals surface area contributed by atoms with E-state index in [4.69, 9.17) is 0 Å². The Labute approximate surface area is 150 Å². The first-order valence-corrected chi connectivity index (χ1v) is 8.71. The molecule has 2 aromatic heterocycles. The molecule has 1 aliphatic carbocycles. The molecular formula is C18H20FN5O2. The third-order valence-corrected chi connectivity index (χ3v) is 4.82. The van der Waals surface area contributed by atoms with Gasteiger partial charge in [-0.3, -0.25) is 4.79 Å². The maximum absolute atomic E-state index is 13.0. The fraction of sp³-hybridized carbons (Fsp3) is 0.444. The summed E-state index contributed by atoms with van der Waals surface area (Å²) in [6.07, 6.45) is 6.92. The summed E-state index contributed by atoms with van der Waals surface area (Å²) in [6.45, 7) is 1.03. The Morgan fingerprint density at radius 1 is 1.27 bits per heavy atom. The van der Waals surface area contributed by atoms with Crippen LogP contribution in [0, 0.1) is 5.82 Å². The van der Waals surface area contributed by atoms with Crippen LogP contribution in [0.25, 0.3) is 0 Å². The number of carbonyl (C=O) groups excluding carboxylic acids is 1. The van der Waals surface area contributed by atoms with Gasteiger partial charge >= 0.3 is 0 Å². The maximum Gasteiger partial charge on any atom is 0.254 e. The minimum atomic E-state index is -1.06. The van der Waals surface area contributed by atoms with Crippen molar-refractivity contribution >= 4 is 11.7 Å². The first-order valence-electron chi connectivity index (χ1n) is 8.71. The number of aromatic nitrogens is 3. The van der Waals surface area contributed by atoms with Crippen LogP contribution in [0.3, 0.4) is 0 Å². The molecule has 0 spiro atoms. The molecule has 0 bridgehead atoms. The summed E-state index contributed by atoms with van der Waals surface area (Å²) in [5, 5.41) is 13.5. The third-order valence-electron chi connectivity index (χ3n) is 4.82. The Morgan fingerprint density at radius 2 is 2.04 bits per heavy atom. The standard InChI is InChI=1S/C18H20FN5O2/c19-14-3-4-15(20-9-14)24-6-5-18(26,11-24)10-23-17(25)13-7-21-16(22-8-13)12-1-2-12/h3-4,7-9,12,26H,1-2,5-6,10-11H2,(H,23,25)/t18-/m0/s1. The topological polar surface area (TPSA) is 91.2 Å². The zero-order chi connectivity index (χ0) is 18.1. The molecule has 1 saturated carbocycles. The molecule has 136 valence electrons. The lowest BCUT2D eigenvalue weighted by Gasteiger charge is -2.24. The van der Waals surface area contributed by atoms with Crippen molar-refractivity contribution in [3.63, 3.8) is 0 Å². The van der Waals surface area contributed by atoms with E-state index < -0.39 is 11.4 Å². The van der Waals surface area contributed by atoms with Crippen LogP contribution >= 0.6 is 0 Å². The summed E-state index contributed by atoms with van der Waals surface area (Å²) in [6, 6.07) is 2.92. The van der Waals surface area contributed by atoms with Gasteiger partial charge in [0.1, 0.15) is 23.1 Å². The molecule has 1 aliphatic heterocycles. The van der Waals surface area contributed by atoms with Gasteiger partial charge in [-0.2, -0.15) is 0 Å². The maximum atomic E-state index is 13.0. The van der Waals surface area contributed by atoms with Crippen LogP contribution in [0.4, 0.5) is 10.2 Å². The Morgan fingerprint density at radius 3 is 2.69 bits per heavy atom. The summed E-state index contributed by atoms with van der Waals surface area (Å²) in [7, 11) is 0. The number of nitrogens with zero attached hydrogens (tertiary/aromatic N) is 4. The van der Waals surface area contributed by atoms with Gasteiger partial charge in [0.15, 0.2) is 0 Å². The quantitative estimate of drug-likeness (QED) is 0.837. The van der Waals surface area contributed by atoms with Crippen molar-refractivity contribution in [3.8, 4) is 0 Å². The molecule has 3 heterocycles. The van der Waals surface area contributed by atoms with Gasteiger partial charge in [-0.05, 0) is 31.4 Å². The fourth-order valence-electron chi connectivity index (χ4n) is 3.11. The van der Waals surface area contributed by atoms with Gasteiger partial charge in [-0.25, -0.2) is 19.3 Å². The lowest BCUT2D eigenvalue weighted by atomic mass is 10.0. The van der Waals surface area contributed by atoms with Gasteiger partial charge in [-0.1, -0.05) is 0 Å². The molecule has 0 unspecified atom stereocenters. The van der Waals surface area contributed by atoms with Gasteiger partial charge in [-0.15, -0.1) is 0 Å². The molecule has 1 saturated heterocycles. The first-order chi connectivity index (χ1) is 12.5. The van der Waals surface area contributed by atoms with E-state index in [1.807, 2.05) is 4.90 Å². The van der Waals surface area contributed by atoms with Crippen molar-refractivity contribution in [2.45, 2.75) is 30.8 Å². The van der Waals surface area contributed by atoms with Crippen LogP contribution in [0.2, 0.25) is 0 Å². The van der Waals surface area contributed by atoms with Crippen molar-refractivity contribution < 1.29 is 14.3 Å². The minimum absolute atomic E-state index is 0.119. The third kappa shape index (κ3) is 3.65. The monoisotopic (exact) mass is 357 g/mol. The Hall–Kier alpha value is -2.61. The summed E-state index contributed by atoms with van der Waals surface area (Å²) >= 11 is 0. The number of hydrogen-bond donors (Lipinski definition) is 2. The van der Waals surface area contributed by atoms with Crippen molar-refractivity contribution in [3.05, 3.63) is 47.9 Å². The average molecular weight is 357 g/mol. The number of anilines is 1. The minimum Gasteiger partial charge on any atom is -0.386 e. The highest BCUT2D eigenvalue weighted by Crippen LogP contribution is 2.37. The smallest absolute Gasteiger partial charge is 0.254 e. The highest BCUT2D eigenvalue weighted by molar-refractivity contribution is 5.93. The summed E-state index contributed by atoms with van der Waals surface area (Å²) in [5.41, 5.74) is -0.673. The molecule has 2 fully saturated rings. The molecule has 4 rings (SSSR count). The zero-order valence-corrected chi connectivity index (χ0v) is 14.2. The molecule has 2 aromatic rings. The molecule has 0 aromatic carbocycles. The predicted octanol–water partition coefficient (Wildman–Crippen LogP) is 1.26. The fourth-order valence-corrected chi connectivity index (χ4v) is 3.11. The number of pyridine rings is 1. The van der Waals surface area contributed by atoms with E-state index in [1.54, 1.807) is 6.07 Å². The van der Waals surface area contributed by atoms with Crippen LogP contribution < -0.4 is 10.2 Å². The second kappa shape index (κ2) is 6.60. The van der Waals surface area contributed by atoms with E-state index in [0.717, 1.165) is 24.9 Å². The van der Waals surface area contributed by atoms with Crippen LogP contribution in [0.1, 0.15) is 41.4 Å². The van der Waals surface area contributed by atoms with Crippen LogP contribution in [0.5, 0.6) is 0 Å². The molecular weight excluding hydrogens is 337 g/mol. The molecule has 8 heteroatoms. The molecule has 1 atom stereocenters. The van der Waals surface area contributed by atoms with Gasteiger partial charge in [0, 0.05) is 37.9 Å². The van der Waals surface area contributed by atoms with E-state index in [2.05, 4.69) is 20.3 Å². The zero-order valence-electron chi connectivity index (χ0n) is 14.2. The summed E-state index contributed by atoms with van der Waals surface area (Å²) < 4.78 is 13.0. The molecule has 26 heavy (non-hydrogen) atoms. The van der Waals surface area contributed by atoms with Gasteiger partial charge in [0.25, 0.3) is 5.91 Å². The van der Waals surface area contributed by atoms with Gasteiger partial charge < -0.3 is 15.3 Å². The highest BCUT2D eigenvalue weighted by atomic mass is 19.1. The van der Waals surface area contributed by atoms with Gasteiger partial charge in [0.05, 0.1) is 11.8 Å². The molecule has 1 amide bonds. The number of aliphatic hydroxyl groups is 1. The van der Waals surface area contributed by atoms with E-state index in [0.29, 0.717) is 36.8 Å². The lowest BCUT2D eigenvalue weighted by Crippen LogP contribution is -2.45. The average Bonchev–Trinajstić information content (AvgIpc) is 3.43. The van der Waals surface area contributed by atoms with Gasteiger partial charge in [0.2, 0.25) is 0 Å². The number of rotatable bonds is 5.